The molecular weight excluding hydrogens is 239 g/mol. The first-order valence-corrected chi connectivity index (χ1v) is 7.49. The summed E-state index contributed by atoms with van der Waals surface area (Å²) in [6.07, 6.45) is 5.00. The van der Waals surface area contributed by atoms with E-state index in [1.165, 1.54) is 19.3 Å². The Morgan fingerprint density at radius 3 is 2.53 bits per heavy atom. The summed E-state index contributed by atoms with van der Waals surface area (Å²) in [6.45, 7) is 0. The summed E-state index contributed by atoms with van der Waals surface area (Å²) in [5.74, 6) is 9.99. The topological polar surface area (TPSA) is 38.0 Å². The molecule has 5 unspecified atom stereocenters. The van der Waals surface area contributed by atoms with Crippen molar-refractivity contribution in [1.29, 1.82) is 0 Å². The van der Waals surface area contributed by atoms with Crippen LogP contribution in [0.25, 0.3) is 0 Å². The van der Waals surface area contributed by atoms with E-state index >= 15 is 0 Å². The SMILES string of the molecule is NNC(Cc1ccccc1F)C1C2C3CCC(C3)C21. The molecule has 4 rings (SSSR count). The van der Waals surface area contributed by atoms with Gasteiger partial charge in [0, 0.05) is 6.04 Å². The first kappa shape index (κ1) is 11.9. The first-order valence-electron chi connectivity index (χ1n) is 7.49. The quantitative estimate of drug-likeness (QED) is 0.645. The number of rotatable bonds is 4. The Balaban J connectivity index is 1.50. The molecular formula is C16H21FN2. The molecule has 3 fully saturated rings. The minimum Gasteiger partial charge on any atom is -0.271 e. The number of fused-ring (bicyclic) bond motifs is 5. The van der Waals surface area contributed by atoms with Crippen molar-refractivity contribution in [1.82, 2.24) is 5.43 Å². The third kappa shape index (κ3) is 1.75. The van der Waals surface area contributed by atoms with Crippen LogP contribution in [0.4, 0.5) is 4.39 Å². The van der Waals surface area contributed by atoms with Crippen molar-refractivity contribution >= 4 is 0 Å². The first-order chi connectivity index (χ1) is 9.29. The highest BCUT2D eigenvalue weighted by Crippen LogP contribution is 2.70. The second-order valence-corrected chi connectivity index (χ2v) is 6.63. The summed E-state index contributed by atoms with van der Waals surface area (Å²) in [4.78, 5) is 0. The van der Waals surface area contributed by atoms with Crippen LogP contribution in [0.2, 0.25) is 0 Å². The molecule has 0 radical (unpaired) electrons. The van der Waals surface area contributed by atoms with Gasteiger partial charge in [-0.05, 0) is 66.9 Å². The van der Waals surface area contributed by atoms with Gasteiger partial charge in [0.2, 0.25) is 0 Å². The Hall–Kier alpha value is -0.930. The minimum atomic E-state index is -0.100. The predicted octanol–water partition coefficient (Wildman–Crippen LogP) is 2.49. The lowest BCUT2D eigenvalue weighted by Crippen LogP contribution is -2.40. The van der Waals surface area contributed by atoms with Crippen LogP contribution in [0.15, 0.2) is 24.3 Å². The third-order valence-electron chi connectivity index (χ3n) is 5.87. The van der Waals surface area contributed by atoms with Gasteiger partial charge >= 0.3 is 0 Å². The summed E-state index contributed by atoms with van der Waals surface area (Å²) in [7, 11) is 0. The van der Waals surface area contributed by atoms with E-state index in [2.05, 4.69) is 5.43 Å². The van der Waals surface area contributed by atoms with Gasteiger partial charge in [0.1, 0.15) is 5.82 Å². The van der Waals surface area contributed by atoms with E-state index in [0.29, 0.717) is 5.92 Å². The summed E-state index contributed by atoms with van der Waals surface area (Å²) < 4.78 is 13.8. The van der Waals surface area contributed by atoms with E-state index in [-0.39, 0.29) is 11.9 Å². The second kappa shape index (κ2) is 4.29. The fourth-order valence-corrected chi connectivity index (χ4v) is 5.14. The number of hydrogen-bond donors (Lipinski definition) is 2. The highest BCUT2D eigenvalue weighted by molar-refractivity contribution is 5.22. The van der Waals surface area contributed by atoms with Crippen LogP contribution in [0, 0.1) is 35.4 Å². The average Bonchev–Trinajstić information content (AvgIpc) is 2.85. The number of nitrogens with one attached hydrogen (secondary N) is 1. The molecule has 0 amide bonds. The zero-order chi connectivity index (χ0) is 13.0. The maximum Gasteiger partial charge on any atom is 0.126 e. The molecule has 102 valence electrons. The molecule has 3 heteroatoms. The van der Waals surface area contributed by atoms with Crippen molar-refractivity contribution in [3.05, 3.63) is 35.6 Å². The van der Waals surface area contributed by atoms with Crippen molar-refractivity contribution in [3.63, 3.8) is 0 Å². The molecule has 0 aliphatic heterocycles. The van der Waals surface area contributed by atoms with Gasteiger partial charge in [0.25, 0.3) is 0 Å². The molecule has 3 N–H and O–H groups in total. The number of hydrogen-bond acceptors (Lipinski definition) is 2. The Labute approximate surface area is 113 Å². The lowest BCUT2D eigenvalue weighted by Gasteiger charge is -2.20. The maximum atomic E-state index is 13.8. The summed E-state index contributed by atoms with van der Waals surface area (Å²) >= 11 is 0. The molecule has 19 heavy (non-hydrogen) atoms. The van der Waals surface area contributed by atoms with Crippen LogP contribution in [-0.4, -0.2) is 6.04 Å². The lowest BCUT2D eigenvalue weighted by molar-refractivity contribution is 0.362. The monoisotopic (exact) mass is 260 g/mol. The zero-order valence-corrected chi connectivity index (χ0v) is 11.1. The van der Waals surface area contributed by atoms with Crippen LogP contribution < -0.4 is 11.3 Å². The van der Waals surface area contributed by atoms with E-state index in [9.17, 15) is 4.39 Å². The van der Waals surface area contributed by atoms with E-state index in [1.807, 2.05) is 12.1 Å². The second-order valence-electron chi connectivity index (χ2n) is 6.63. The predicted molar refractivity (Wildman–Crippen MR) is 72.5 cm³/mol. The van der Waals surface area contributed by atoms with Gasteiger partial charge in [0.15, 0.2) is 0 Å². The van der Waals surface area contributed by atoms with Crippen molar-refractivity contribution in [3.8, 4) is 0 Å². The normalized spacial score (nSPS) is 40.2. The number of benzene rings is 1. The van der Waals surface area contributed by atoms with Crippen LogP contribution >= 0.6 is 0 Å². The van der Waals surface area contributed by atoms with Crippen LogP contribution in [0.3, 0.4) is 0 Å². The van der Waals surface area contributed by atoms with E-state index in [0.717, 1.165) is 35.7 Å². The Bertz CT molecular complexity index is 473. The highest BCUT2D eigenvalue weighted by Gasteiger charge is 2.66. The number of nitrogens with two attached hydrogens (primary N) is 1. The molecule has 3 aliphatic carbocycles. The molecule has 0 saturated heterocycles. The molecule has 3 saturated carbocycles. The third-order valence-corrected chi connectivity index (χ3v) is 5.87. The number of halogens is 1. The van der Waals surface area contributed by atoms with Crippen molar-refractivity contribution in [2.75, 3.05) is 0 Å². The lowest BCUT2D eigenvalue weighted by atomic mass is 9.93. The zero-order valence-electron chi connectivity index (χ0n) is 11.1. The Morgan fingerprint density at radius 2 is 1.89 bits per heavy atom. The molecule has 5 atom stereocenters. The Kier molecular flexibility index (Phi) is 2.68. The molecule has 0 spiro atoms. The molecule has 3 aliphatic rings. The van der Waals surface area contributed by atoms with Crippen molar-refractivity contribution < 1.29 is 4.39 Å². The van der Waals surface area contributed by atoms with Gasteiger partial charge in [-0.2, -0.15) is 0 Å². The fourth-order valence-electron chi connectivity index (χ4n) is 5.14. The summed E-state index contributed by atoms with van der Waals surface area (Å²) in [5.41, 5.74) is 3.76. The number of hydrazine groups is 1. The van der Waals surface area contributed by atoms with Crippen molar-refractivity contribution in [2.45, 2.75) is 31.7 Å². The van der Waals surface area contributed by atoms with Crippen LogP contribution in [0.5, 0.6) is 0 Å². The summed E-state index contributed by atoms with van der Waals surface area (Å²) in [5, 5.41) is 0. The fraction of sp³-hybridized carbons (Fsp3) is 0.625. The summed E-state index contributed by atoms with van der Waals surface area (Å²) in [6, 6.07) is 7.32. The maximum absolute atomic E-state index is 13.8. The van der Waals surface area contributed by atoms with E-state index < -0.39 is 0 Å². The van der Waals surface area contributed by atoms with Gasteiger partial charge in [-0.3, -0.25) is 11.3 Å². The Morgan fingerprint density at radius 1 is 1.21 bits per heavy atom. The molecule has 1 aromatic carbocycles. The van der Waals surface area contributed by atoms with Gasteiger partial charge in [-0.1, -0.05) is 18.2 Å². The molecule has 0 heterocycles. The van der Waals surface area contributed by atoms with Crippen LogP contribution in [0.1, 0.15) is 24.8 Å². The average molecular weight is 260 g/mol. The minimum absolute atomic E-state index is 0.100. The molecule has 1 aromatic rings. The van der Waals surface area contributed by atoms with Crippen molar-refractivity contribution in [2.24, 2.45) is 35.4 Å². The van der Waals surface area contributed by atoms with E-state index in [1.54, 1.807) is 12.1 Å². The van der Waals surface area contributed by atoms with Gasteiger partial charge in [-0.15, -0.1) is 0 Å². The van der Waals surface area contributed by atoms with E-state index in [4.69, 9.17) is 5.84 Å². The smallest absolute Gasteiger partial charge is 0.126 e. The largest absolute Gasteiger partial charge is 0.271 e. The van der Waals surface area contributed by atoms with Gasteiger partial charge in [-0.25, -0.2) is 4.39 Å². The molecule has 2 bridgehead atoms. The van der Waals surface area contributed by atoms with Gasteiger partial charge < -0.3 is 0 Å². The molecule has 2 nitrogen and oxygen atoms in total. The van der Waals surface area contributed by atoms with Gasteiger partial charge in [0.05, 0.1) is 0 Å². The standard InChI is InChI=1S/C16H21FN2/c17-12-4-2-1-3-9(12)8-13(19-18)16-14-10-5-6-11(7-10)15(14)16/h1-4,10-11,13-16,19H,5-8,18H2. The van der Waals surface area contributed by atoms with Crippen LogP contribution in [-0.2, 0) is 6.42 Å². The highest BCUT2D eigenvalue weighted by atomic mass is 19.1. The molecule has 0 aromatic heterocycles.